The van der Waals surface area contributed by atoms with Gasteiger partial charge in [-0.05, 0) is 6.92 Å². The van der Waals surface area contributed by atoms with Crippen LogP contribution in [-0.2, 0) is 161 Å². The predicted molar refractivity (Wildman–Crippen MR) is 323 cm³/mol. The quantitative estimate of drug-likeness (QED) is 0.0990. The Morgan fingerprint density at radius 2 is 0.302 bits per heavy atom. The summed E-state index contributed by atoms with van der Waals surface area (Å²) in [6, 6.07) is 0. The Bertz CT molecular complexity index is 2150. The molecule has 0 aliphatic carbocycles. The van der Waals surface area contributed by atoms with Crippen LogP contribution in [0.4, 0.5) is 0 Å². The van der Waals surface area contributed by atoms with Crippen LogP contribution < -0.4 is 0 Å². The summed E-state index contributed by atoms with van der Waals surface area (Å²) < 4.78 is 220. The van der Waals surface area contributed by atoms with E-state index in [9.17, 15) is 0 Å². The van der Waals surface area contributed by atoms with Gasteiger partial charge in [0.2, 0.25) is 0 Å². The molecule has 21 aliphatic rings. The summed E-state index contributed by atoms with van der Waals surface area (Å²) in [6.45, 7) is 1.66. The zero-order chi connectivity index (χ0) is 69.5. The van der Waals surface area contributed by atoms with Gasteiger partial charge in [0.25, 0.3) is 0 Å². The molecular weight excluding hydrogens is 1290 g/mol. The Balaban J connectivity index is 1.22. The Morgan fingerprint density at radius 3 is 0.448 bits per heavy atom. The van der Waals surface area contributed by atoms with E-state index in [1.807, 2.05) is 6.92 Å². The van der Waals surface area contributed by atoms with Crippen LogP contribution in [0.1, 0.15) is 6.92 Å². The lowest BCUT2D eigenvalue weighted by Gasteiger charge is -2.52. The van der Waals surface area contributed by atoms with Crippen molar-refractivity contribution in [1.29, 1.82) is 0 Å². The highest BCUT2D eigenvalue weighted by Gasteiger charge is 2.62. The molecule has 0 unspecified atom stereocenters. The highest BCUT2D eigenvalue weighted by atomic mass is 16.8. The van der Waals surface area contributed by atoms with Crippen molar-refractivity contribution >= 4 is 0 Å². The van der Waals surface area contributed by atoms with Crippen LogP contribution in [-0.4, -0.2) is 397 Å². The molecule has 34 nitrogen and oxygen atoms in total. The Morgan fingerprint density at radius 1 is 0.167 bits per heavy atom. The molecule has 34 heteroatoms. The van der Waals surface area contributed by atoms with Crippen molar-refractivity contribution < 1.29 is 161 Å². The van der Waals surface area contributed by atoms with Gasteiger partial charge in [-0.25, -0.2) is 0 Å². The molecule has 14 bridgehead atoms. The Hall–Kier alpha value is -1.36. The first-order valence-electron chi connectivity index (χ1n) is 32.2. The van der Waals surface area contributed by atoms with Gasteiger partial charge in [-0.2, -0.15) is 0 Å². The molecule has 21 rings (SSSR count). The van der Waals surface area contributed by atoms with Crippen LogP contribution in [0.2, 0.25) is 0 Å². The van der Waals surface area contributed by atoms with Crippen molar-refractivity contribution in [2.75, 3.05) is 182 Å². The van der Waals surface area contributed by atoms with Gasteiger partial charge in [-0.3, -0.25) is 0 Å². The minimum atomic E-state index is -1.21. The average Bonchev–Trinajstić information content (AvgIpc) is 0.774. The van der Waals surface area contributed by atoms with Gasteiger partial charge in [0.1, 0.15) is 165 Å². The van der Waals surface area contributed by atoms with Crippen LogP contribution in [0.25, 0.3) is 0 Å². The molecule has 0 radical (unpaired) electrons. The first-order valence-corrected chi connectivity index (χ1v) is 32.2. The molecule has 0 aromatic carbocycles. The van der Waals surface area contributed by atoms with Gasteiger partial charge in [0.05, 0.1) is 45.7 Å². The maximum absolute atomic E-state index is 7.02. The van der Waals surface area contributed by atoms with E-state index in [4.69, 9.17) is 161 Å². The summed E-state index contributed by atoms with van der Waals surface area (Å²) in [5, 5.41) is 0. The van der Waals surface area contributed by atoms with E-state index in [2.05, 4.69) is 0 Å². The first kappa shape index (κ1) is 80.3. The SMILES string of the molecule is COC[C@H]1O[C@@H]2O[C@H]3[C@H](OC)[C@@H](OC)[C@@H](O[C@H]4[C@H](OC)[C@@H](OC)[C@@H](O[C@H]5[C@H](OC)[C@@H](OC)[C@@H](O[C@H]6[C@H](OC)[C@@H](OC)[C@@H](O[C@H]7[C@H](OC)[C@@H](OC)[C@@H](O[C@H]8[C@H](OC)[C@@H](OC)[C@@H](O[C@H]1[C@H](OC)[C@H]2OC)O[C@@H]8C)O[C@@H]7COC)O[C@@H]6COC)O[C@@H]5COC)O[C@@H]4COC)O[C@@H]3COC. The molecule has 21 heterocycles. The van der Waals surface area contributed by atoms with E-state index in [-0.39, 0.29) is 39.6 Å². The van der Waals surface area contributed by atoms with E-state index in [0.717, 1.165) is 0 Å². The van der Waals surface area contributed by atoms with Crippen molar-refractivity contribution in [2.45, 2.75) is 222 Å². The van der Waals surface area contributed by atoms with Gasteiger partial charge in [-0.1, -0.05) is 0 Å². The minimum Gasteiger partial charge on any atom is -0.382 e. The largest absolute Gasteiger partial charge is 0.382 e. The number of methoxy groups -OCH3 is 20. The maximum atomic E-state index is 7.02. The minimum absolute atomic E-state index is 0.0162. The molecule has 0 amide bonds. The van der Waals surface area contributed by atoms with Crippen LogP contribution >= 0.6 is 0 Å². The summed E-state index contributed by atoms with van der Waals surface area (Å²) in [5.74, 6) is 0. The fourth-order valence-electron chi connectivity index (χ4n) is 14.7. The molecule has 21 fully saturated rings. The highest BCUT2D eigenvalue weighted by molar-refractivity contribution is 5.04. The lowest BCUT2D eigenvalue weighted by atomic mass is 9.94. The third kappa shape index (κ3) is 17.2. The number of hydrogen-bond donors (Lipinski definition) is 0. The van der Waals surface area contributed by atoms with Crippen molar-refractivity contribution in [2.24, 2.45) is 0 Å². The van der Waals surface area contributed by atoms with E-state index in [1.54, 1.807) is 0 Å². The molecule has 21 aliphatic heterocycles. The summed E-state index contributed by atoms with van der Waals surface area (Å²) in [4.78, 5) is 0. The highest BCUT2D eigenvalue weighted by Crippen LogP contribution is 2.43. The van der Waals surface area contributed by atoms with Crippen molar-refractivity contribution in [3.8, 4) is 0 Å². The van der Waals surface area contributed by atoms with Gasteiger partial charge in [-0.15, -0.1) is 0 Å². The van der Waals surface area contributed by atoms with E-state index in [0.29, 0.717) is 0 Å². The predicted octanol–water partition coefficient (Wildman–Crippen LogP) is -1.12. The number of ether oxygens (including phenoxy) is 34. The van der Waals surface area contributed by atoms with Gasteiger partial charge in [0, 0.05) is 142 Å². The molecule has 0 spiro atoms. The monoisotopic (exact) mass is 1400 g/mol. The number of hydrogen-bond acceptors (Lipinski definition) is 34. The normalized spacial score (nSPS) is 46.8. The molecule has 562 valence electrons. The smallest absolute Gasteiger partial charge is 0.187 e. The van der Waals surface area contributed by atoms with Crippen molar-refractivity contribution in [3.05, 3.63) is 0 Å². The van der Waals surface area contributed by atoms with E-state index >= 15 is 0 Å². The molecule has 0 N–H and O–H groups in total. The van der Waals surface area contributed by atoms with Crippen LogP contribution in [0, 0.1) is 0 Å². The van der Waals surface area contributed by atoms with Crippen LogP contribution in [0.5, 0.6) is 0 Å². The summed E-state index contributed by atoms with van der Waals surface area (Å²) in [6.07, 6.45) is -34.9. The fourth-order valence-corrected chi connectivity index (χ4v) is 14.7. The van der Waals surface area contributed by atoms with Gasteiger partial charge in [0.15, 0.2) is 44.0 Å². The molecular formula is C62H110O34. The molecule has 0 aromatic heterocycles. The topological polar surface area (TPSA) is 314 Å². The standard InChI is InChI=1S/C62H110O34/c1-28-35-42(69-8)49(76-15)56(83-28)91-36-29(22-63-2)85-58(51(78-17)43(36)70-9)93-38-31(24-65-4)87-60(53(80-19)45(38)72-11)95-40-33(26-67-6)89-62(55(82-21)47(40)74-13)96-41-34(27-68-7)88-61(54(81-20)48(41)75-14)94-39-32(25-66-5)86-59(52(79-18)46(39)73-12)92-37-30(23-64-3)84-57(90-35)50(77-16)44(37)71-10/h28-62H,22-27H2,1-21H3/t28-,29-,30-,31-,32-,33-,34-,35-,36-,37-,38-,39-,40-,41-,42+,43+,44+,45+,46+,47+,48+,49-,50-,51-,52-,53-,54-,55-,56-,57-,58-,59-,60-,61-,62-/m1/s1. The zero-order valence-electron chi connectivity index (χ0n) is 59.3. The first-order chi connectivity index (χ1) is 46.6. The number of rotatable bonds is 26. The summed E-state index contributed by atoms with van der Waals surface area (Å²) >= 11 is 0. The van der Waals surface area contributed by atoms with Crippen LogP contribution in [0.3, 0.4) is 0 Å². The molecule has 0 aromatic rings. The maximum Gasteiger partial charge on any atom is 0.187 e. The molecule has 96 heavy (non-hydrogen) atoms. The van der Waals surface area contributed by atoms with Crippen molar-refractivity contribution in [1.82, 2.24) is 0 Å². The van der Waals surface area contributed by atoms with Gasteiger partial charge < -0.3 is 161 Å². The van der Waals surface area contributed by atoms with Crippen molar-refractivity contribution in [3.63, 3.8) is 0 Å². The lowest BCUT2D eigenvalue weighted by Crippen LogP contribution is -2.69. The van der Waals surface area contributed by atoms with Crippen LogP contribution in [0.15, 0.2) is 0 Å². The Labute approximate surface area is 563 Å². The second-order valence-electron chi connectivity index (χ2n) is 24.2. The summed E-state index contributed by atoms with van der Waals surface area (Å²) in [5.41, 5.74) is 0. The second-order valence-corrected chi connectivity index (χ2v) is 24.2. The van der Waals surface area contributed by atoms with E-state index < -0.39 is 215 Å². The van der Waals surface area contributed by atoms with E-state index in [1.165, 1.54) is 142 Å². The van der Waals surface area contributed by atoms with Gasteiger partial charge >= 0.3 is 0 Å². The molecule has 21 saturated heterocycles. The summed E-state index contributed by atoms with van der Waals surface area (Å²) in [7, 11) is 30.3. The molecule has 35 atom stereocenters. The third-order valence-electron chi connectivity index (χ3n) is 19.1. The lowest BCUT2D eigenvalue weighted by molar-refractivity contribution is -0.402. The zero-order valence-corrected chi connectivity index (χ0v) is 59.3. The molecule has 0 saturated carbocycles. The average molecular weight is 1400 g/mol. The second kappa shape index (κ2) is 39.0. The Kier molecular flexibility index (Phi) is 32.6. The third-order valence-corrected chi connectivity index (χ3v) is 19.1. The fraction of sp³-hybridized carbons (Fsp3) is 1.00.